The first kappa shape index (κ1) is 42.1. The summed E-state index contributed by atoms with van der Waals surface area (Å²) in [5.74, 6) is -1.39. The van der Waals surface area contributed by atoms with Gasteiger partial charge in [-0.1, -0.05) is 42.3 Å². The molecule has 0 bridgehead atoms. The lowest BCUT2D eigenvalue weighted by atomic mass is 9.55. The van der Waals surface area contributed by atoms with E-state index in [4.69, 9.17) is 19.0 Å². The van der Waals surface area contributed by atoms with E-state index >= 15 is 4.79 Å². The molecular weight excluding hydrogens is 752 g/mol. The first-order valence-corrected chi connectivity index (χ1v) is 20.9. The van der Waals surface area contributed by atoms with Gasteiger partial charge in [-0.3, -0.25) is 9.69 Å². The number of carbonyl (C=O) groups excluding carboxylic acids is 1. The van der Waals surface area contributed by atoms with Gasteiger partial charge in [0.05, 0.1) is 29.9 Å². The van der Waals surface area contributed by atoms with Gasteiger partial charge in [-0.15, -0.1) is 6.58 Å². The van der Waals surface area contributed by atoms with Crippen LogP contribution in [0.2, 0.25) is 0 Å². The Morgan fingerprint density at radius 1 is 1.07 bits per heavy atom. The van der Waals surface area contributed by atoms with Crippen LogP contribution in [0.15, 0.2) is 96.2 Å². The Kier molecular flexibility index (Phi) is 13.8. The molecule has 1 amide bonds. The molecule has 6 atom stereocenters. The number of aliphatic hydroxyl groups excluding tert-OH is 2. The number of nitriles is 1. The summed E-state index contributed by atoms with van der Waals surface area (Å²) >= 11 is 0. The fourth-order valence-corrected chi connectivity index (χ4v) is 9.40. The normalized spacial score (nSPS) is 24.8. The van der Waals surface area contributed by atoms with Gasteiger partial charge < -0.3 is 34.2 Å². The molecule has 12 heteroatoms. The van der Waals surface area contributed by atoms with Crippen molar-refractivity contribution in [3.05, 3.63) is 119 Å². The van der Waals surface area contributed by atoms with Crippen LogP contribution >= 0.6 is 0 Å². The quantitative estimate of drug-likeness (QED) is 0.0536. The van der Waals surface area contributed by atoms with Crippen LogP contribution in [0.3, 0.4) is 0 Å². The number of fused-ring (bicyclic) bond motifs is 2. The van der Waals surface area contributed by atoms with Crippen molar-refractivity contribution in [1.29, 1.82) is 5.26 Å². The lowest BCUT2D eigenvalue weighted by molar-refractivity contribution is -0.255. The van der Waals surface area contributed by atoms with Gasteiger partial charge in [0.2, 0.25) is 5.79 Å². The van der Waals surface area contributed by atoms with Crippen molar-refractivity contribution in [2.75, 3.05) is 53.2 Å². The largest absolute Gasteiger partial charge is 0.492 e. The number of halogens is 1. The van der Waals surface area contributed by atoms with Gasteiger partial charge in [0.15, 0.2) is 0 Å². The third-order valence-corrected chi connectivity index (χ3v) is 12.2. The summed E-state index contributed by atoms with van der Waals surface area (Å²) in [6.07, 6.45) is 8.76. The SMILES string of the molecule is C=CCOC12Oc3ccc(OCCN4CC4)cc3C3C(CCCCO)C(CCCCO)C=C(C(=NOC)CC1N(Cc1ccc(F)cc1)C(=O)c1ccc(C#N)cc1)C32. The topological polar surface area (TPSA) is 137 Å². The molecule has 1 saturated carbocycles. The Hall–Kier alpha value is -5.06. The first-order valence-electron chi connectivity index (χ1n) is 20.9. The highest BCUT2D eigenvalue weighted by Crippen LogP contribution is 2.62. The lowest BCUT2D eigenvalue weighted by Gasteiger charge is -2.60. The fourth-order valence-electron chi connectivity index (χ4n) is 9.40. The number of hydrogen-bond donors (Lipinski definition) is 2. The molecule has 2 aliphatic carbocycles. The zero-order chi connectivity index (χ0) is 41.4. The lowest BCUT2D eigenvalue weighted by Crippen LogP contribution is -2.70. The van der Waals surface area contributed by atoms with Crippen molar-refractivity contribution in [2.24, 2.45) is 22.9 Å². The summed E-state index contributed by atoms with van der Waals surface area (Å²) in [5, 5.41) is 34.0. The maximum atomic E-state index is 15.1. The number of aliphatic hydroxyl groups is 2. The van der Waals surface area contributed by atoms with Crippen LogP contribution in [0.5, 0.6) is 11.5 Å². The van der Waals surface area contributed by atoms with Crippen LogP contribution in [0, 0.1) is 34.9 Å². The zero-order valence-corrected chi connectivity index (χ0v) is 33.8. The zero-order valence-electron chi connectivity index (χ0n) is 33.8. The number of oxime groups is 1. The molecule has 3 aromatic carbocycles. The highest BCUT2D eigenvalue weighted by molar-refractivity contribution is 6.03. The molecule has 312 valence electrons. The Morgan fingerprint density at radius 3 is 2.49 bits per heavy atom. The van der Waals surface area contributed by atoms with Crippen molar-refractivity contribution in [1.82, 2.24) is 9.80 Å². The number of nitrogens with zero attached hydrogens (tertiary/aromatic N) is 4. The maximum Gasteiger partial charge on any atom is 0.254 e. The van der Waals surface area contributed by atoms with Gasteiger partial charge in [0.25, 0.3) is 5.91 Å². The van der Waals surface area contributed by atoms with E-state index in [2.05, 4.69) is 34.8 Å². The van der Waals surface area contributed by atoms with E-state index in [9.17, 15) is 19.9 Å². The number of unbranched alkanes of at least 4 members (excludes halogenated alkanes) is 2. The van der Waals surface area contributed by atoms with E-state index in [1.165, 1.54) is 19.2 Å². The number of allylic oxidation sites excluding steroid dienone is 1. The molecule has 0 aromatic heterocycles. The molecule has 2 aliphatic heterocycles. The minimum atomic E-state index is -1.47. The average molecular weight is 807 g/mol. The van der Waals surface area contributed by atoms with Gasteiger partial charge >= 0.3 is 0 Å². The molecule has 4 aliphatic rings. The standard InChI is InChI=1S/C47H55FN4O7/c1-3-25-58-47-43(52(31-33-12-16-36(48)17-13-33)46(55)34-14-10-32(30-49)11-15-34)29-41(50-56-2)39-27-35(8-4-6-23-53)38(9-5-7-24-54)44(45(39)47)40-28-37(18-19-42(40)59-47)57-26-22-51-20-21-51/h3,10-19,27-28,35,38,43-45,53-54H,1,4-9,20-26,29,31H2,2H3. The molecule has 3 aromatic rings. The van der Waals surface area contributed by atoms with Crippen LogP contribution in [0.4, 0.5) is 4.39 Å². The monoisotopic (exact) mass is 806 g/mol. The molecule has 11 nitrogen and oxygen atoms in total. The minimum Gasteiger partial charge on any atom is -0.492 e. The Bertz CT molecular complexity index is 2030. The van der Waals surface area contributed by atoms with Crippen molar-refractivity contribution in [3.8, 4) is 17.6 Å². The molecule has 0 spiro atoms. The predicted molar refractivity (Wildman–Crippen MR) is 221 cm³/mol. The highest BCUT2D eigenvalue weighted by Gasteiger charge is 2.65. The van der Waals surface area contributed by atoms with Gasteiger partial charge in [0, 0.05) is 62.9 Å². The van der Waals surface area contributed by atoms with E-state index in [0.717, 1.165) is 62.2 Å². The van der Waals surface area contributed by atoms with Crippen LogP contribution in [-0.4, -0.2) is 96.6 Å². The third kappa shape index (κ3) is 9.24. The second-order valence-corrected chi connectivity index (χ2v) is 15.9. The number of benzene rings is 3. The number of rotatable bonds is 20. The van der Waals surface area contributed by atoms with Crippen molar-refractivity contribution in [3.63, 3.8) is 0 Å². The van der Waals surface area contributed by atoms with E-state index in [0.29, 0.717) is 47.6 Å². The number of amides is 1. The molecule has 7 rings (SSSR count). The summed E-state index contributed by atoms with van der Waals surface area (Å²) in [7, 11) is 1.52. The second-order valence-electron chi connectivity index (χ2n) is 15.9. The summed E-state index contributed by atoms with van der Waals surface area (Å²) in [4.78, 5) is 24.7. The molecule has 59 heavy (non-hydrogen) atoms. The molecule has 6 unspecified atom stereocenters. The average Bonchev–Trinajstić information content (AvgIpc) is 4.09. The predicted octanol–water partition coefficient (Wildman–Crippen LogP) is 7.00. The Labute approximate surface area is 346 Å². The smallest absolute Gasteiger partial charge is 0.254 e. The third-order valence-electron chi connectivity index (χ3n) is 12.2. The van der Waals surface area contributed by atoms with Crippen LogP contribution < -0.4 is 9.47 Å². The minimum absolute atomic E-state index is 0.0542. The van der Waals surface area contributed by atoms with Gasteiger partial charge in [-0.2, -0.15) is 5.26 Å². The van der Waals surface area contributed by atoms with Gasteiger partial charge in [-0.25, -0.2) is 4.39 Å². The van der Waals surface area contributed by atoms with Crippen LogP contribution in [0.1, 0.15) is 77.9 Å². The van der Waals surface area contributed by atoms with Gasteiger partial charge in [0.1, 0.15) is 37.1 Å². The number of carbonyl (C=O) groups is 1. The second kappa shape index (κ2) is 19.3. The van der Waals surface area contributed by atoms with Crippen molar-refractivity contribution in [2.45, 2.75) is 69.2 Å². The molecule has 2 fully saturated rings. The summed E-state index contributed by atoms with van der Waals surface area (Å²) in [5.41, 5.74) is 4.06. The van der Waals surface area contributed by atoms with Crippen molar-refractivity contribution >= 4 is 11.6 Å². The Balaban J connectivity index is 1.43. The van der Waals surface area contributed by atoms with E-state index in [1.807, 2.05) is 12.1 Å². The number of hydrogen-bond acceptors (Lipinski definition) is 10. The first-order chi connectivity index (χ1) is 28.8. The summed E-state index contributed by atoms with van der Waals surface area (Å²) in [6, 6.07) is 19.9. The van der Waals surface area contributed by atoms with Crippen LogP contribution in [-0.2, 0) is 16.1 Å². The van der Waals surface area contributed by atoms with Crippen LogP contribution in [0.25, 0.3) is 0 Å². The van der Waals surface area contributed by atoms with Gasteiger partial charge in [-0.05, 0) is 103 Å². The molecular formula is C47H55FN4O7. The van der Waals surface area contributed by atoms with E-state index < -0.39 is 23.6 Å². The van der Waals surface area contributed by atoms with Crippen molar-refractivity contribution < 1.29 is 38.4 Å². The van der Waals surface area contributed by atoms with E-state index in [1.54, 1.807) is 47.4 Å². The molecule has 0 radical (unpaired) electrons. The fraction of sp³-hybridized carbons (Fsp3) is 0.468. The molecule has 2 N–H and O–H groups in total. The maximum absolute atomic E-state index is 15.1. The summed E-state index contributed by atoms with van der Waals surface area (Å²) < 4.78 is 35.0. The molecule has 1 saturated heterocycles. The highest BCUT2D eigenvalue weighted by atomic mass is 19.1. The van der Waals surface area contributed by atoms with E-state index in [-0.39, 0.29) is 56.4 Å². The summed E-state index contributed by atoms with van der Waals surface area (Å²) in [6.45, 7) is 7.96. The number of ether oxygens (including phenoxy) is 3. The molecule has 2 heterocycles. The Morgan fingerprint density at radius 2 is 1.81 bits per heavy atom.